The fourth-order valence-electron chi connectivity index (χ4n) is 1.58. The van der Waals surface area contributed by atoms with Crippen molar-refractivity contribution < 1.29 is 14.4 Å². The van der Waals surface area contributed by atoms with Gasteiger partial charge in [-0.25, -0.2) is 5.06 Å². The number of rotatable bonds is 3. The summed E-state index contributed by atoms with van der Waals surface area (Å²) >= 11 is 11.6. The van der Waals surface area contributed by atoms with Gasteiger partial charge >= 0.3 is 0 Å². The first-order valence-corrected chi connectivity index (χ1v) is 6.43. The Hall–Kier alpha value is -0.970. The van der Waals surface area contributed by atoms with Gasteiger partial charge in [-0.05, 0) is 25.0 Å². The predicted molar refractivity (Wildman–Crippen MR) is 68.9 cm³/mol. The Morgan fingerprint density at radius 1 is 1.33 bits per heavy atom. The van der Waals surface area contributed by atoms with E-state index >= 15 is 0 Å². The topological polar surface area (TPSA) is 38.8 Å². The van der Waals surface area contributed by atoms with Gasteiger partial charge in [0.25, 0.3) is 5.91 Å². The lowest BCUT2D eigenvalue weighted by Gasteiger charge is -2.25. The maximum absolute atomic E-state index is 11.7. The van der Waals surface area contributed by atoms with Crippen LogP contribution in [0.2, 0.25) is 10.0 Å². The number of hydrogen-bond acceptors (Lipinski definition) is 3. The number of carbonyl (C=O) groups excluding carboxylic acids is 1. The van der Waals surface area contributed by atoms with Crippen molar-refractivity contribution in [2.24, 2.45) is 0 Å². The maximum atomic E-state index is 11.7. The summed E-state index contributed by atoms with van der Waals surface area (Å²) in [7, 11) is 0. The van der Waals surface area contributed by atoms with Crippen molar-refractivity contribution in [1.82, 2.24) is 5.06 Å². The first-order valence-electron chi connectivity index (χ1n) is 5.68. The molecule has 0 spiro atoms. The fourth-order valence-corrected chi connectivity index (χ4v) is 1.87. The van der Waals surface area contributed by atoms with Gasteiger partial charge in [-0.15, -0.1) is 0 Å². The zero-order chi connectivity index (χ0) is 13.0. The minimum Gasteiger partial charge on any atom is -0.484 e. The van der Waals surface area contributed by atoms with E-state index in [9.17, 15) is 4.79 Å². The molecule has 1 saturated heterocycles. The number of halogens is 2. The lowest BCUT2D eigenvalue weighted by atomic mass is 10.3. The summed E-state index contributed by atoms with van der Waals surface area (Å²) in [6.07, 6.45) is 1.94. The van der Waals surface area contributed by atoms with Crippen LogP contribution in [0.3, 0.4) is 0 Å². The van der Waals surface area contributed by atoms with Gasteiger partial charge in [-0.2, -0.15) is 0 Å². The molecular formula is C12H13Cl2NO3. The summed E-state index contributed by atoms with van der Waals surface area (Å²) in [5, 5.41) is 2.20. The molecule has 1 aliphatic heterocycles. The van der Waals surface area contributed by atoms with Crippen LogP contribution < -0.4 is 4.74 Å². The number of hydrogen-bond donors (Lipinski definition) is 0. The molecule has 1 fully saturated rings. The van der Waals surface area contributed by atoms with E-state index in [1.807, 2.05) is 0 Å². The molecule has 4 nitrogen and oxygen atoms in total. The monoisotopic (exact) mass is 289 g/mol. The van der Waals surface area contributed by atoms with E-state index in [0.29, 0.717) is 28.9 Å². The predicted octanol–water partition coefficient (Wildman–Crippen LogP) is 2.93. The van der Waals surface area contributed by atoms with E-state index in [1.54, 1.807) is 18.2 Å². The molecule has 2 rings (SSSR count). The first kappa shape index (κ1) is 13.5. The average molecular weight is 290 g/mol. The highest BCUT2D eigenvalue weighted by Crippen LogP contribution is 2.26. The molecule has 98 valence electrons. The van der Waals surface area contributed by atoms with Crippen LogP contribution in [-0.2, 0) is 9.63 Å². The van der Waals surface area contributed by atoms with Crippen LogP contribution in [0.4, 0.5) is 0 Å². The van der Waals surface area contributed by atoms with Gasteiger partial charge in [0.2, 0.25) is 0 Å². The highest BCUT2D eigenvalue weighted by atomic mass is 35.5. The summed E-state index contributed by atoms with van der Waals surface area (Å²) < 4.78 is 5.34. The molecule has 1 aromatic carbocycles. The van der Waals surface area contributed by atoms with Gasteiger partial charge in [0, 0.05) is 12.6 Å². The number of ether oxygens (including phenoxy) is 1. The van der Waals surface area contributed by atoms with Crippen LogP contribution in [0.1, 0.15) is 12.8 Å². The molecule has 0 aromatic heterocycles. The van der Waals surface area contributed by atoms with E-state index in [-0.39, 0.29) is 12.5 Å². The Labute approximate surface area is 115 Å². The minimum atomic E-state index is -0.194. The average Bonchev–Trinajstić information content (AvgIpc) is 2.41. The molecule has 1 aliphatic rings. The Morgan fingerprint density at radius 3 is 2.83 bits per heavy atom. The van der Waals surface area contributed by atoms with E-state index < -0.39 is 0 Å². The molecule has 0 N–H and O–H groups in total. The van der Waals surface area contributed by atoms with E-state index in [0.717, 1.165) is 12.8 Å². The zero-order valence-corrected chi connectivity index (χ0v) is 11.2. The van der Waals surface area contributed by atoms with Gasteiger partial charge in [0.1, 0.15) is 5.75 Å². The van der Waals surface area contributed by atoms with Crippen LogP contribution in [0, 0.1) is 0 Å². The van der Waals surface area contributed by atoms with E-state index in [1.165, 1.54) is 5.06 Å². The maximum Gasteiger partial charge on any atom is 0.283 e. The number of amides is 1. The number of hydroxylamine groups is 2. The third-order valence-corrected chi connectivity index (χ3v) is 3.27. The lowest BCUT2D eigenvalue weighted by molar-refractivity contribution is -0.198. The molecule has 18 heavy (non-hydrogen) atoms. The summed E-state index contributed by atoms with van der Waals surface area (Å²) in [6, 6.07) is 4.87. The minimum absolute atomic E-state index is 0.0715. The largest absolute Gasteiger partial charge is 0.484 e. The Bertz CT molecular complexity index is 433. The lowest BCUT2D eigenvalue weighted by Crippen LogP contribution is -2.38. The van der Waals surface area contributed by atoms with Gasteiger partial charge in [-0.3, -0.25) is 9.63 Å². The van der Waals surface area contributed by atoms with E-state index in [4.69, 9.17) is 32.8 Å². The third kappa shape index (κ3) is 3.51. The number of benzene rings is 1. The molecule has 0 aliphatic carbocycles. The van der Waals surface area contributed by atoms with Gasteiger partial charge in [0.05, 0.1) is 16.7 Å². The normalized spacial score (nSPS) is 15.6. The number of carbonyl (C=O) groups is 1. The van der Waals surface area contributed by atoms with Crippen molar-refractivity contribution in [2.75, 3.05) is 19.8 Å². The molecule has 0 saturated carbocycles. The molecular weight excluding hydrogens is 277 g/mol. The fraction of sp³-hybridized carbons (Fsp3) is 0.417. The van der Waals surface area contributed by atoms with Gasteiger partial charge < -0.3 is 4.74 Å². The summed E-state index contributed by atoms with van der Waals surface area (Å²) in [6.45, 7) is 1.13. The highest BCUT2D eigenvalue weighted by Gasteiger charge is 2.18. The Morgan fingerprint density at radius 2 is 2.17 bits per heavy atom. The molecule has 0 radical (unpaired) electrons. The quantitative estimate of drug-likeness (QED) is 0.859. The van der Waals surface area contributed by atoms with Crippen molar-refractivity contribution in [2.45, 2.75) is 12.8 Å². The SMILES string of the molecule is O=C(COc1ccc(Cl)c(Cl)c1)N1CCCCO1. The zero-order valence-electron chi connectivity index (χ0n) is 9.70. The first-order chi connectivity index (χ1) is 8.66. The molecule has 0 bridgehead atoms. The second-order valence-electron chi connectivity index (χ2n) is 3.90. The molecule has 1 heterocycles. The van der Waals surface area contributed by atoms with Crippen LogP contribution in [0.5, 0.6) is 5.75 Å². The molecule has 1 amide bonds. The van der Waals surface area contributed by atoms with Crippen LogP contribution in [0.25, 0.3) is 0 Å². The van der Waals surface area contributed by atoms with Crippen molar-refractivity contribution in [3.8, 4) is 5.75 Å². The van der Waals surface area contributed by atoms with Crippen LogP contribution in [0.15, 0.2) is 18.2 Å². The van der Waals surface area contributed by atoms with Gasteiger partial charge in [0.15, 0.2) is 6.61 Å². The summed E-state index contributed by atoms with van der Waals surface area (Å²) in [5.74, 6) is 0.315. The Kier molecular flexibility index (Phi) is 4.69. The second-order valence-corrected chi connectivity index (χ2v) is 4.72. The standard InChI is InChI=1S/C12H13Cl2NO3/c13-10-4-3-9(7-11(10)14)17-8-12(16)15-5-1-2-6-18-15/h3-4,7H,1-2,5-6,8H2. The van der Waals surface area contributed by atoms with Crippen molar-refractivity contribution >= 4 is 29.1 Å². The summed E-state index contributed by atoms with van der Waals surface area (Å²) in [4.78, 5) is 17.0. The third-order valence-electron chi connectivity index (χ3n) is 2.53. The molecule has 0 unspecified atom stereocenters. The Balaban J connectivity index is 1.86. The highest BCUT2D eigenvalue weighted by molar-refractivity contribution is 6.42. The second kappa shape index (κ2) is 6.27. The number of nitrogens with zero attached hydrogens (tertiary/aromatic N) is 1. The molecule has 0 atom stereocenters. The van der Waals surface area contributed by atoms with Crippen molar-refractivity contribution in [3.63, 3.8) is 0 Å². The van der Waals surface area contributed by atoms with Crippen molar-refractivity contribution in [1.29, 1.82) is 0 Å². The molecule has 1 aromatic rings. The van der Waals surface area contributed by atoms with E-state index in [2.05, 4.69) is 0 Å². The van der Waals surface area contributed by atoms with Crippen molar-refractivity contribution in [3.05, 3.63) is 28.2 Å². The smallest absolute Gasteiger partial charge is 0.283 e. The summed E-state index contributed by atoms with van der Waals surface area (Å²) in [5.41, 5.74) is 0. The van der Waals surface area contributed by atoms with Crippen LogP contribution >= 0.6 is 23.2 Å². The molecule has 6 heteroatoms. The van der Waals surface area contributed by atoms with Gasteiger partial charge in [-0.1, -0.05) is 23.2 Å². The van der Waals surface area contributed by atoms with Crippen LogP contribution in [-0.4, -0.2) is 30.7 Å².